The van der Waals surface area contributed by atoms with E-state index in [1.807, 2.05) is 32.0 Å². The van der Waals surface area contributed by atoms with Crippen molar-refractivity contribution < 1.29 is 9.53 Å². The fourth-order valence-electron chi connectivity index (χ4n) is 3.32. The van der Waals surface area contributed by atoms with Crippen LogP contribution in [0.4, 0.5) is 5.69 Å². The quantitative estimate of drug-likeness (QED) is 0.331. The minimum atomic E-state index is -0.209. The summed E-state index contributed by atoms with van der Waals surface area (Å²) >= 11 is 7.28. The summed E-state index contributed by atoms with van der Waals surface area (Å²) in [6.07, 6.45) is 0.217. The molecule has 0 aliphatic heterocycles. The van der Waals surface area contributed by atoms with Crippen LogP contribution in [0, 0.1) is 25.2 Å². The molecule has 2 aromatic carbocycles. The molecule has 1 amide bonds. The first-order valence-electron chi connectivity index (χ1n) is 10.4. The van der Waals surface area contributed by atoms with Gasteiger partial charge in [-0.3, -0.25) is 14.2 Å². The predicted molar refractivity (Wildman–Crippen MR) is 132 cm³/mol. The molecule has 0 aliphatic carbocycles. The molecule has 3 aromatic rings. The monoisotopic (exact) mass is 484 g/mol. The third-order valence-electron chi connectivity index (χ3n) is 5.28. The van der Waals surface area contributed by atoms with Gasteiger partial charge in [0.25, 0.3) is 5.56 Å². The molecule has 0 atom stereocenters. The largest absolute Gasteiger partial charge is 0.383 e. The summed E-state index contributed by atoms with van der Waals surface area (Å²) in [5.41, 5.74) is 3.21. The SMILES string of the molecule is COCCn1c(SCC(=O)N(CCC#N)c2ccc(C)c(C)c2)nc2cc(Cl)ccc2c1=O. The Bertz CT molecular complexity index is 1270. The van der Waals surface area contributed by atoms with Crippen molar-refractivity contribution in [2.45, 2.75) is 32.0 Å². The van der Waals surface area contributed by atoms with Gasteiger partial charge in [-0.1, -0.05) is 29.4 Å². The van der Waals surface area contributed by atoms with Crippen molar-refractivity contribution in [3.8, 4) is 6.07 Å². The van der Waals surface area contributed by atoms with Gasteiger partial charge in [-0.15, -0.1) is 0 Å². The summed E-state index contributed by atoms with van der Waals surface area (Å²) in [7, 11) is 1.56. The molecule has 0 bridgehead atoms. The number of rotatable bonds is 9. The third-order valence-corrected chi connectivity index (χ3v) is 6.47. The fourth-order valence-corrected chi connectivity index (χ4v) is 4.39. The van der Waals surface area contributed by atoms with Crippen molar-refractivity contribution >= 4 is 45.9 Å². The first-order chi connectivity index (χ1) is 15.8. The number of carbonyl (C=O) groups excluding carboxylic acids is 1. The van der Waals surface area contributed by atoms with E-state index in [0.29, 0.717) is 34.2 Å². The maximum atomic E-state index is 13.2. The molecular formula is C24H25ClN4O3S. The van der Waals surface area contributed by atoms with E-state index in [1.165, 1.54) is 16.3 Å². The second-order valence-corrected chi connectivity index (χ2v) is 8.90. The number of methoxy groups -OCH3 is 1. The number of aryl methyl sites for hydroxylation is 2. The predicted octanol–water partition coefficient (Wildman–Crippen LogP) is 4.35. The van der Waals surface area contributed by atoms with Gasteiger partial charge in [-0.05, 0) is 55.3 Å². The van der Waals surface area contributed by atoms with Gasteiger partial charge in [0.1, 0.15) is 0 Å². The molecule has 0 saturated heterocycles. The molecule has 0 radical (unpaired) electrons. The number of aromatic nitrogens is 2. The first kappa shape index (κ1) is 24.8. The molecule has 0 N–H and O–H groups in total. The van der Waals surface area contributed by atoms with Crippen molar-refractivity contribution in [2.24, 2.45) is 0 Å². The van der Waals surface area contributed by atoms with Gasteiger partial charge in [-0.25, -0.2) is 4.98 Å². The van der Waals surface area contributed by atoms with Crippen LogP contribution < -0.4 is 10.5 Å². The minimum Gasteiger partial charge on any atom is -0.383 e. The van der Waals surface area contributed by atoms with E-state index in [9.17, 15) is 9.59 Å². The number of amides is 1. The molecule has 0 unspecified atom stereocenters. The van der Waals surface area contributed by atoms with E-state index >= 15 is 0 Å². The Hall–Kier alpha value is -2.86. The van der Waals surface area contributed by atoms with Gasteiger partial charge >= 0.3 is 0 Å². The van der Waals surface area contributed by atoms with Crippen LogP contribution in [0.5, 0.6) is 0 Å². The van der Waals surface area contributed by atoms with Crippen LogP contribution in [-0.2, 0) is 16.1 Å². The smallest absolute Gasteiger partial charge is 0.262 e. The highest BCUT2D eigenvalue weighted by Crippen LogP contribution is 2.24. The molecular weight excluding hydrogens is 460 g/mol. The molecule has 0 aliphatic rings. The second-order valence-electron chi connectivity index (χ2n) is 7.52. The van der Waals surface area contributed by atoms with Crippen LogP contribution >= 0.6 is 23.4 Å². The molecule has 172 valence electrons. The number of carbonyl (C=O) groups is 1. The Morgan fingerprint density at radius 2 is 2.03 bits per heavy atom. The summed E-state index contributed by atoms with van der Waals surface area (Å²) in [5, 5.41) is 10.4. The maximum absolute atomic E-state index is 13.2. The minimum absolute atomic E-state index is 0.0594. The van der Waals surface area contributed by atoms with Crippen LogP contribution in [0.1, 0.15) is 17.5 Å². The van der Waals surface area contributed by atoms with E-state index in [2.05, 4.69) is 11.1 Å². The molecule has 3 rings (SSSR count). The number of nitrogens with zero attached hydrogens (tertiary/aromatic N) is 4. The van der Waals surface area contributed by atoms with Gasteiger partial charge < -0.3 is 9.64 Å². The topological polar surface area (TPSA) is 88.2 Å². The standard InChI is InChI=1S/C24H25ClN4O3S/c1-16-5-7-19(13-17(16)2)28(10-4-9-26)22(30)15-33-24-27-21-14-18(25)6-8-20(21)23(31)29(24)11-12-32-3/h5-8,13-14H,4,10-12,15H2,1-3H3. The van der Waals surface area contributed by atoms with Crippen LogP contribution in [0.15, 0.2) is 46.3 Å². The van der Waals surface area contributed by atoms with Crippen molar-refractivity contribution in [2.75, 3.05) is 30.9 Å². The summed E-state index contributed by atoms with van der Waals surface area (Å²) < 4.78 is 6.67. The zero-order chi connectivity index (χ0) is 24.0. The van der Waals surface area contributed by atoms with Crippen LogP contribution in [0.3, 0.4) is 0 Å². The number of hydrogen-bond acceptors (Lipinski definition) is 6. The summed E-state index contributed by atoms with van der Waals surface area (Å²) in [6, 6.07) is 12.8. The molecule has 0 spiro atoms. The molecule has 1 aromatic heterocycles. The highest BCUT2D eigenvalue weighted by Gasteiger charge is 2.19. The van der Waals surface area contributed by atoms with Gasteiger partial charge in [0.15, 0.2) is 5.16 Å². The number of ether oxygens (including phenoxy) is 1. The first-order valence-corrected chi connectivity index (χ1v) is 11.8. The lowest BCUT2D eigenvalue weighted by Gasteiger charge is -2.23. The van der Waals surface area contributed by atoms with Gasteiger partial charge in [-0.2, -0.15) is 5.26 Å². The van der Waals surface area contributed by atoms with Crippen molar-refractivity contribution in [1.29, 1.82) is 5.26 Å². The van der Waals surface area contributed by atoms with Gasteiger partial charge in [0, 0.05) is 24.4 Å². The number of halogens is 1. The average molecular weight is 485 g/mol. The Balaban J connectivity index is 1.91. The molecule has 9 heteroatoms. The lowest BCUT2D eigenvalue weighted by atomic mass is 10.1. The number of nitriles is 1. The summed E-state index contributed by atoms with van der Waals surface area (Å²) in [6.45, 7) is 4.92. The van der Waals surface area contributed by atoms with Crippen molar-refractivity contribution in [3.63, 3.8) is 0 Å². The summed E-state index contributed by atoms with van der Waals surface area (Å²) in [5.74, 6) is -0.110. The number of thioether (sulfide) groups is 1. The van der Waals surface area contributed by atoms with Crippen molar-refractivity contribution in [1.82, 2.24) is 9.55 Å². The number of fused-ring (bicyclic) bond motifs is 1. The van der Waals surface area contributed by atoms with Gasteiger partial charge in [0.2, 0.25) is 5.91 Å². The van der Waals surface area contributed by atoms with E-state index in [4.69, 9.17) is 21.6 Å². The maximum Gasteiger partial charge on any atom is 0.262 e. The van der Waals surface area contributed by atoms with Crippen molar-refractivity contribution in [3.05, 3.63) is 62.9 Å². The highest BCUT2D eigenvalue weighted by molar-refractivity contribution is 7.99. The Labute approximate surface area is 201 Å². The third kappa shape index (κ3) is 5.93. The molecule has 0 fully saturated rings. The fraction of sp³-hybridized carbons (Fsp3) is 0.333. The summed E-state index contributed by atoms with van der Waals surface area (Å²) in [4.78, 5) is 32.5. The second kappa shape index (κ2) is 11.3. The Morgan fingerprint density at radius 1 is 1.24 bits per heavy atom. The van der Waals surface area contributed by atoms with Crippen LogP contribution in [-0.4, -0.2) is 41.5 Å². The van der Waals surface area contributed by atoms with E-state index in [0.717, 1.165) is 16.8 Å². The number of anilines is 1. The lowest BCUT2D eigenvalue weighted by Crippen LogP contribution is -2.34. The molecule has 7 nitrogen and oxygen atoms in total. The zero-order valence-electron chi connectivity index (χ0n) is 18.8. The zero-order valence-corrected chi connectivity index (χ0v) is 20.4. The lowest BCUT2D eigenvalue weighted by molar-refractivity contribution is -0.116. The molecule has 1 heterocycles. The van der Waals surface area contributed by atoms with E-state index < -0.39 is 0 Å². The number of hydrogen-bond donors (Lipinski definition) is 0. The number of benzene rings is 2. The van der Waals surface area contributed by atoms with Gasteiger partial charge in [0.05, 0.1) is 42.3 Å². The normalized spacial score (nSPS) is 10.9. The highest BCUT2D eigenvalue weighted by atomic mass is 35.5. The van der Waals surface area contributed by atoms with Crippen LogP contribution in [0.25, 0.3) is 10.9 Å². The van der Waals surface area contributed by atoms with E-state index in [1.54, 1.807) is 30.2 Å². The Kier molecular flexibility index (Phi) is 8.50. The van der Waals surface area contributed by atoms with E-state index in [-0.39, 0.29) is 30.2 Å². The van der Waals surface area contributed by atoms with Crippen LogP contribution in [0.2, 0.25) is 5.02 Å². The molecule has 0 saturated carbocycles. The average Bonchev–Trinajstić information content (AvgIpc) is 2.79. The Morgan fingerprint density at radius 3 is 2.73 bits per heavy atom. The molecule has 33 heavy (non-hydrogen) atoms.